The molecule has 1 unspecified atom stereocenters. The van der Waals surface area contributed by atoms with Gasteiger partial charge in [0, 0.05) is 18.7 Å². The molecule has 1 rings (SSSR count). The standard InChI is InChI=1S/C11H14N2O/c12-8-4-7-11(14)9-13-10-5-2-1-3-6-10/h1-3,5-6,11,13-14H,4,7,9H2. The van der Waals surface area contributed by atoms with Crippen molar-refractivity contribution in [3.8, 4) is 6.07 Å². The zero-order chi connectivity index (χ0) is 10.2. The predicted molar refractivity (Wildman–Crippen MR) is 55.8 cm³/mol. The second kappa shape index (κ2) is 6.01. The molecule has 74 valence electrons. The SMILES string of the molecule is N#CCCC(O)CNc1ccccc1. The zero-order valence-electron chi connectivity index (χ0n) is 7.98. The van der Waals surface area contributed by atoms with Crippen molar-refractivity contribution >= 4 is 5.69 Å². The quantitative estimate of drug-likeness (QED) is 0.743. The Morgan fingerprint density at radius 1 is 1.36 bits per heavy atom. The van der Waals surface area contributed by atoms with Gasteiger partial charge in [-0.25, -0.2) is 0 Å². The lowest BCUT2D eigenvalue weighted by molar-refractivity contribution is 0.179. The van der Waals surface area contributed by atoms with Gasteiger partial charge in [-0.2, -0.15) is 5.26 Å². The zero-order valence-corrected chi connectivity index (χ0v) is 7.98. The molecule has 0 heterocycles. The van der Waals surface area contributed by atoms with Gasteiger partial charge in [0.25, 0.3) is 0 Å². The molecule has 0 fully saturated rings. The van der Waals surface area contributed by atoms with E-state index in [1.165, 1.54) is 0 Å². The molecule has 2 N–H and O–H groups in total. The first kappa shape index (κ1) is 10.6. The number of anilines is 1. The van der Waals surface area contributed by atoms with Crippen molar-refractivity contribution in [2.75, 3.05) is 11.9 Å². The third-order valence-corrected chi connectivity index (χ3v) is 1.90. The molecule has 1 aromatic carbocycles. The molecule has 0 saturated heterocycles. The van der Waals surface area contributed by atoms with Crippen LogP contribution in [0.25, 0.3) is 0 Å². The minimum atomic E-state index is -0.449. The number of nitrogens with zero attached hydrogens (tertiary/aromatic N) is 1. The summed E-state index contributed by atoms with van der Waals surface area (Å²) < 4.78 is 0. The van der Waals surface area contributed by atoms with Crippen LogP contribution in [0.3, 0.4) is 0 Å². The van der Waals surface area contributed by atoms with Crippen LogP contribution >= 0.6 is 0 Å². The molecule has 0 bridgehead atoms. The Kier molecular flexibility index (Phi) is 4.53. The molecule has 0 aliphatic heterocycles. The summed E-state index contributed by atoms with van der Waals surface area (Å²) in [5.74, 6) is 0. The van der Waals surface area contributed by atoms with Crippen LogP contribution in [0.4, 0.5) is 5.69 Å². The number of aliphatic hydroxyl groups excluding tert-OH is 1. The van der Waals surface area contributed by atoms with Crippen LogP contribution in [0.15, 0.2) is 30.3 Å². The Hall–Kier alpha value is -1.53. The maximum Gasteiger partial charge on any atom is 0.0722 e. The highest BCUT2D eigenvalue weighted by molar-refractivity contribution is 5.42. The van der Waals surface area contributed by atoms with Crippen molar-refractivity contribution in [1.29, 1.82) is 5.26 Å². The van der Waals surface area contributed by atoms with E-state index in [2.05, 4.69) is 5.32 Å². The summed E-state index contributed by atoms with van der Waals surface area (Å²) >= 11 is 0. The molecule has 0 radical (unpaired) electrons. The minimum Gasteiger partial charge on any atom is -0.391 e. The number of aliphatic hydroxyl groups is 1. The van der Waals surface area contributed by atoms with Crippen LogP contribution in [-0.4, -0.2) is 17.8 Å². The monoisotopic (exact) mass is 190 g/mol. The van der Waals surface area contributed by atoms with Gasteiger partial charge >= 0.3 is 0 Å². The van der Waals surface area contributed by atoms with Crippen molar-refractivity contribution in [2.45, 2.75) is 18.9 Å². The summed E-state index contributed by atoms with van der Waals surface area (Å²) in [5, 5.41) is 20.8. The lowest BCUT2D eigenvalue weighted by Crippen LogP contribution is -2.18. The molecular formula is C11H14N2O. The van der Waals surface area contributed by atoms with Crippen molar-refractivity contribution in [1.82, 2.24) is 0 Å². The summed E-state index contributed by atoms with van der Waals surface area (Å²) in [6, 6.07) is 11.7. The minimum absolute atomic E-state index is 0.400. The van der Waals surface area contributed by atoms with E-state index in [1.807, 2.05) is 36.4 Å². The van der Waals surface area contributed by atoms with Crippen molar-refractivity contribution in [3.05, 3.63) is 30.3 Å². The van der Waals surface area contributed by atoms with Crippen LogP contribution in [-0.2, 0) is 0 Å². The molecule has 0 aliphatic carbocycles. The highest BCUT2D eigenvalue weighted by Crippen LogP contribution is 2.05. The summed E-state index contributed by atoms with van der Waals surface area (Å²) in [6.07, 6.45) is 0.475. The molecule has 0 aliphatic rings. The van der Waals surface area contributed by atoms with E-state index in [0.29, 0.717) is 19.4 Å². The van der Waals surface area contributed by atoms with E-state index >= 15 is 0 Å². The first-order valence-corrected chi connectivity index (χ1v) is 4.67. The Morgan fingerprint density at radius 3 is 2.71 bits per heavy atom. The molecule has 0 aromatic heterocycles. The molecule has 3 nitrogen and oxygen atoms in total. The Bertz CT molecular complexity index is 292. The maximum absolute atomic E-state index is 9.43. The van der Waals surface area contributed by atoms with Crippen LogP contribution < -0.4 is 5.32 Å². The molecule has 3 heteroatoms. The van der Waals surface area contributed by atoms with Gasteiger partial charge in [-0.1, -0.05) is 18.2 Å². The molecule has 0 saturated carbocycles. The number of hydrogen-bond acceptors (Lipinski definition) is 3. The average Bonchev–Trinajstić information content (AvgIpc) is 2.25. The number of nitriles is 1. The third-order valence-electron chi connectivity index (χ3n) is 1.90. The Morgan fingerprint density at radius 2 is 2.07 bits per heavy atom. The fourth-order valence-electron chi connectivity index (χ4n) is 1.12. The topological polar surface area (TPSA) is 56.0 Å². The molecular weight excluding hydrogens is 176 g/mol. The first-order valence-electron chi connectivity index (χ1n) is 4.67. The fraction of sp³-hybridized carbons (Fsp3) is 0.364. The highest BCUT2D eigenvalue weighted by Gasteiger charge is 2.02. The number of para-hydroxylation sites is 1. The third kappa shape index (κ3) is 3.92. The van der Waals surface area contributed by atoms with Gasteiger partial charge in [0.15, 0.2) is 0 Å². The summed E-state index contributed by atoms with van der Waals surface area (Å²) in [5.41, 5.74) is 0.989. The van der Waals surface area contributed by atoms with E-state index < -0.39 is 6.10 Å². The van der Waals surface area contributed by atoms with Crippen LogP contribution in [0.5, 0.6) is 0 Å². The van der Waals surface area contributed by atoms with Gasteiger partial charge in [-0.3, -0.25) is 0 Å². The number of rotatable bonds is 5. The molecule has 0 spiro atoms. The van der Waals surface area contributed by atoms with Gasteiger partial charge in [-0.15, -0.1) is 0 Å². The highest BCUT2D eigenvalue weighted by atomic mass is 16.3. The van der Waals surface area contributed by atoms with Gasteiger partial charge in [-0.05, 0) is 18.6 Å². The van der Waals surface area contributed by atoms with Crippen molar-refractivity contribution in [2.24, 2.45) is 0 Å². The van der Waals surface area contributed by atoms with E-state index in [4.69, 9.17) is 5.26 Å². The average molecular weight is 190 g/mol. The van der Waals surface area contributed by atoms with Crippen LogP contribution in [0, 0.1) is 11.3 Å². The molecule has 0 amide bonds. The normalized spacial score (nSPS) is 11.7. The molecule has 14 heavy (non-hydrogen) atoms. The van der Waals surface area contributed by atoms with Gasteiger partial charge in [0.05, 0.1) is 12.2 Å². The van der Waals surface area contributed by atoms with E-state index in [1.54, 1.807) is 0 Å². The predicted octanol–water partition coefficient (Wildman–Crippen LogP) is 1.76. The first-order chi connectivity index (χ1) is 6.83. The Labute approximate surface area is 84.0 Å². The lowest BCUT2D eigenvalue weighted by atomic mass is 10.2. The number of nitrogens with one attached hydrogen (secondary N) is 1. The second-order valence-electron chi connectivity index (χ2n) is 3.10. The summed E-state index contributed by atoms with van der Waals surface area (Å²) in [6.45, 7) is 0.492. The molecule has 1 aromatic rings. The Balaban J connectivity index is 2.24. The maximum atomic E-state index is 9.43. The lowest BCUT2D eigenvalue weighted by Gasteiger charge is -2.10. The second-order valence-corrected chi connectivity index (χ2v) is 3.10. The smallest absolute Gasteiger partial charge is 0.0722 e. The van der Waals surface area contributed by atoms with Crippen molar-refractivity contribution < 1.29 is 5.11 Å². The van der Waals surface area contributed by atoms with E-state index in [-0.39, 0.29) is 0 Å². The number of hydrogen-bond donors (Lipinski definition) is 2. The van der Waals surface area contributed by atoms with E-state index in [9.17, 15) is 5.11 Å². The summed E-state index contributed by atoms with van der Waals surface area (Å²) in [7, 11) is 0. The fourth-order valence-corrected chi connectivity index (χ4v) is 1.12. The largest absolute Gasteiger partial charge is 0.391 e. The van der Waals surface area contributed by atoms with Gasteiger partial charge < -0.3 is 10.4 Å². The summed E-state index contributed by atoms with van der Waals surface area (Å²) in [4.78, 5) is 0. The number of benzene rings is 1. The molecule has 1 atom stereocenters. The van der Waals surface area contributed by atoms with E-state index in [0.717, 1.165) is 5.69 Å². The van der Waals surface area contributed by atoms with Crippen LogP contribution in [0.1, 0.15) is 12.8 Å². The van der Waals surface area contributed by atoms with Gasteiger partial charge in [0.1, 0.15) is 0 Å². The van der Waals surface area contributed by atoms with Crippen molar-refractivity contribution in [3.63, 3.8) is 0 Å². The van der Waals surface area contributed by atoms with Crippen LogP contribution in [0.2, 0.25) is 0 Å². The van der Waals surface area contributed by atoms with Gasteiger partial charge in [0.2, 0.25) is 0 Å².